The average Bonchev–Trinajstić information content (AvgIpc) is 3.36. The number of aryl methyl sites for hydroxylation is 1. The van der Waals surface area contributed by atoms with Gasteiger partial charge in [-0.1, -0.05) is 97.1 Å². The smallest absolute Gasteiger partial charge is 0.343 e. The van der Waals surface area contributed by atoms with Crippen LogP contribution >= 0.6 is 0 Å². The Morgan fingerprint density at radius 2 is 0.716 bits per heavy atom. The minimum Gasteiger partial charge on any atom is -0.494 e. The maximum absolute atomic E-state index is 13.0. The van der Waals surface area contributed by atoms with E-state index in [0.29, 0.717) is 66.1 Å². The summed E-state index contributed by atoms with van der Waals surface area (Å²) >= 11 is 0. The third-order valence-corrected chi connectivity index (χ3v) is 11.8. The molecule has 0 unspecified atom stereocenters. The van der Waals surface area contributed by atoms with E-state index in [4.69, 9.17) is 28.4 Å². The van der Waals surface area contributed by atoms with Gasteiger partial charge in [0.2, 0.25) is 0 Å². The first-order valence-electron chi connectivity index (χ1n) is 23.0. The Morgan fingerprint density at radius 3 is 1.12 bits per heavy atom. The summed E-state index contributed by atoms with van der Waals surface area (Å²) in [7, 11) is 0. The molecular weight excluding hydrogens is 837 g/mol. The van der Waals surface area contributed by atoms with Crippen molar-refractivity contribution in [2.24, 2.45) is 0 Å². The minimum atomic E-state index is -0.503. The summed E-state index contributed by atoms with van der Waals surface area (Å²) in [5.74, 6) is 2.95. The third kappa shape index (κ3) is 11.0. The number of fused-ring (bicyclic) bond motifs is 4. The number of rotatable bonds is 20. The van der Waals surface area contributed by atoms with E-state index >= 15 is 0 Å². The molecule has 8 heteroatoms. The van der Waals surface area contributed by atoms with E-state index in [1.54, 1.807) is 73.7 Å². The van der Waals surface area contributed by atoms with Gasteiger partial charge in [0.25, 0.3) is 0 Å². The monoisotopic (exact) mass is 888 g/mol. The zero-order valence-corrected chi connectivity index (χ0v) is 37.6. The lowest BCUT2D eigenvalue weighted by molar-refractivity contribution is 0.0718. The van der Waals surface area contributed by atoms with Gasteiger partial charge in [0.1, 0.15) is 34.5 Å². The molecule has 0 saturated carbocycles. The Hall–Kier alpha value is -7.84. The van der Waals surface area contributed by atoms with Crippen molar-refractivity contribution in [1.29, 1.82) is 0 Å². The molecule has 9 aromatic rings. The van der Waals surface area contributed by atoms with E-state index in [0.717, 1.165) is 71.6 Å². The molecule has 8 nitrogen and oxygen atoms in total. The first-order valence-corrected chi connectivity index (χ1v) is 23.0. The Balaban J connectivity index is 0.663. The van der Waals surface area contributed by atoms with Crippen LogP contribution in [0.4, 0.5) is 0 Å². The van der Waals surface area contributed by atoms with Crippen molar-refractivity contribution in [3.05, 3.63) is 193 Å². The van der Waals surface area contributed by atoms with Crippen LogP contribution in [-0.2, 0) is 0 Å². The fourth-order valence-electron chi connectivity index (χ4n) is 8.24. The highest BCUT2D eigenvalue weighted by molar-refractivity contribution is 6.06. The molecule has 0 radical (unpaired) electrons. The SMILES string of the molecule is Cc1cc(OC(=O)c2ccc(OCCCCCOc3c4ccccc4cc4ccccc34)cc2)ccc1OC(=O)c1ccc(OCCCCCOc2c3ccccc3cc3ccccc23)cc1. The second-order valence-electron chi connectivity index (χ2n) is 16.6. The quantitative estimate of drug-likeness (QED) is 0.0323. The van der Waals surface area contributed by atoms with Crippen LogP contribution in [0, 0.1) is 6.92 Å². The van der Waals surface area contributed by atoms with E-state index in [1.165, 1.54) is 21.5 Å². The van der Waals surface area contributed by atoms with Crippen LogP contribution in [0.25, 0.3) is 43.1 Å². The molecule has 336 valence electrons. The maximum Gasteiger partial charge on any atom is 0.343 e. The van der Waals surface area contributed by atoms with Crippen molar-refractivity contribution >= 4 is 55.0 Å². The van der Waals surface area contributed by atoms with Crippen molar-refractivity contribution < 1.29 is 38.0 Å². The lowest BCUT2D eigenvalue weighted by atomic mass is 10.0. The lowest BCUT2D eigenvalue weighted by Gasteiger charge is -2.13. The zero-order chi connectivity index (χ0) is 45.8. The predicted octanol–water partition coefficient (Wildman–Crippen LogP) is 14.3. The van der Waals surface area contributed by atoms with Gasteiger partial charge >= 0.3 is 11.9 Å². The molecule has 0 aromatic heterocycles. The predicted molar refractivity (Wildman–Crippen MR) is 267 cm³/mol. The number of benzene rings is 9. The number of hydrogen-bond acceptors (Lipinski definition) is 8. The summed E-state index contributed by atoms with van der Waals surface area (Å²) in [4.78, 5) is 26.0. The summed E-state index contributed by atoms with van der Waals surface area (Å²) in [6.07, 6.45) is 5.48. The Bertz CT molecular complexity index is 3030. The molecule has 0 aliphatic heterocycles. The second kappa shape index (κ2) is 21.4. The van der Waals surface area contributed by atoms with Crippen LogP contribution in [0.2, 0.25) is 0 Å². The topological polar surface area (TPSA) is 89.5 Å². The van der Waals surface area contributed by atoms with Gasteiger partial charge in [-0.3, -0.25) is 0 Å². The van der Waals surface area contributed by atoms with Crippen LogP contribution < -0.4 is 28.4 Å². The van der Waals surface area contributed by atoms with Gasteiger partial charge in [-0.2, -0.15) is 0 Å². The molecule has 9 rings (SSSR count). The molecule has 0 atom stereocenters. The van der Waals surface area contributed by atoms with Crippen LogP contribution in [-0.4, -0.2) is 38.4 Å². The van der Waals surface area contributed by atoms with E-state index < -0.39 is 11.9 Å². The highest BCUT2D eigenvalue weighted by atomic mass is 16.5. The molecule has 0 aliphatic carbocycles. The van der Waals surface area contributed by atoms with Crippen molar-refractivity contribution in [3.63, 3.8) is 0 Å². The molecule has 0 amide bonds. The van der Waals surface area contributed by atoms with Crippen molar-refractivity contribution in [2.45, 2.75) is 45.4 Å². The zero-order valence-electron chi connectivity index (χ0n) is 37.6. The first-order chi connectivity index (χ1) is 33.0. The van der Waals surface area contributed by atoms with Crippen LogP contribution in [0.15, 0.2) is 176 Å². The number of unbranched alkanes of at least 4 members (excludes halogenated alkanes) is 4. The molecule has 0 aliphatic rings. The second-order valence-corrected chi connectivity index (χ2v) is 16.6. The van der Waals surface area contributed by atoms with Gasteiger partial charge in [-0.25, -0.2) is 9.59 Å². The van der Waals surface area contributed by atoms with Crippen molar-refractivity contribution in [3.8, 4) is 34.5 Å². The van der Waals surface area contributed by atoms with E-state index in [-0.39, 0.29) is 0 Å². The first kappa shape index (κ1) is 44.4. The fourth-order valence-corrected chi connectivity index (χ4v) is 8.24. The maximum atomic E-state index is 13.0. The molecule has 9 aromatic carbocycles. The largest absolute Gasteiger partial charge is 0.494 e. The Kier molecular flexibility index (Phi) is 14.2. The number of carbonyl (C=O) groups is 2. The van der Waals surface area contributed by atoms with E-state index in [9.17, 15) is 9.59 Å². The van der Waals surface area contributed by atoms with Gasteiger partial charge in [-0.15, -0.1) is 0 Å². The van der Waals surface area contributed by atoms with E-state index in [1.807, 2.05) is 24.3 Å². The molecule has 0 heterocycles. The normalized spacial score (nSPS) is 11.2. The number of ether oxygens (including phenoxy) is 6. The van der Waals surface area contributed by atoms with Crippen LogP contribution in [0.1, 0.15) is 64.8 Å². The Morgan fingerprint density at radius 1 is 0.358 bits per heavy atom. The standard InChI is InChI=1S/C59H52O8/c1-41-38-50(66-58(60)42-24-28-48(29-25-42)62-34-12-2-14-36-64-56-51-20-8-4-16-44(51)39-45-17-5-9-21-52(45)56)32-33-55(41)67-59(61)43-26-30-49(31-27-43)63-35-13-3-15-37-65-57-53-22-10-6-18-46(53)40-47-19-7-11-23-54(47)57/h4-11,16-33,38-40H,2-3,12-15,34-37H2,1H3. The highest BCUT2D eigenvalue weighted by Crippen LogP contribution is 2.36. The summed E-state index contributed by atoms with van der Waals surface area (Å²) < 4.78 is 36.0. The fraction of sp³-hybridized carbons (Fsp3) is 0.186. The summed E-state index contributed by atoms with van der Waals surface area (Å²) in [6, 6.07) is 56.5. The molecule has 0 N–H and O–H groups in total. The number of hydrogen-bond donors (Lipinski definition) is 0. The van der Waals surface area contributed by atoms with Crippen molar-refractivity contribution in [1.82, 2.24) is 0 Å². The molecule has 0 fully saturated rings. The van der Waals surface area contributed by atoms with Crippen LogP contribution in [0.3, 0.4) is 0 Å². The lowest BCUT2D eigenvalue weighted by Crippen LogP contribution is -2.10. The summed E-state index contributed by atoms with van der Waals surface area (Å²) in [5.41, 5.74) is 1.43. The number of esters is 2. The van der Waals surface area contributed by atoms with Crippen molar-refractivity contribution in [2.75, 3.05) is 26.4 Å². The van der Waals surface area contributed by atoms with Gasteiger partial charge in [-0.05, 0) is 151 Å². The number of carbonyl (C=O) groups excluding carboxylic acids is 2. The van der Waals surface area contributed by atoms with Gasteiger partial charge in [0, 0.05) is 21.5 Å². The van der Waals surface area contributed by atoms with Gasteiger partial charge < -0.3 is 28.4 Å². The van der Waals surface area contributed by atoms with Crippen LogP contribution in [0.5, 0.6) is 34.5 Å². The molecule has 0 bridgehead atoms. The highest BCUT2D eigenvalue weighted by Gasteiger charge is 2.15. The van der Waals surface area contributed by atoms with Gasteiger partial charge in [0.15, 0.2) is 0 Å². The third-order valence-electron chi connectivity index (χ3n) is 11.8. The molecule has 67 heavy (non-hydrogen) atoms. The molecule has 0 saturated heterocycles. The molecule has 0 spiro atoms. The molecular formula is C59H52O8. The average molecular weight is 889 g/mol. The summed E-state index contributed by atoms with van der Waals surface area (Å²) in [5, 5.41) is 9.19. The van der Waals surface area contributed by atoms with Gasteiger partial charge in [0.05, 0.1) is 37.6 Å². The summed E-state index contributed by atoms with van der Waals surface area (Å²) in [6.45, 7) is 4.15. The van der Waals surface area contributed by atoms with E-state index in [2.05, 4.69) is 84.9 Å². The minimum absolute atomic E-state index is 0.340. The Labute approximate surface area is 390 Å².